The van der Waals surface area contributed by atoms with E-state index in [9.17, 15) is 14.0 Å². The van der Waals surface area contributed by atoms with Gasteiger partial charge in [-0.2, -0.15) is 4.39 Å². The molecule has 1 aromatic heterocycles. The van der Waals surface area contributed by atoms with Crippen molar-refractivity contribution in [3.63, 3.8) is 0 Å². The Labute approximate surface area is 163 Å². The molecular formula is C21H25FN4O2. The van der Waals surface area contributed by atoms with E-state index < -0.39 is 11.4 Å². The van der Waals surface area contributed by atoms with Crippen molar-refractivity contribution in [2.45, 2.75) is 51.1 Å². The Morgan fingerprint density at radius 2 is 2.11 bits per heavy atom. The van der Waals surface area contributed by atoms with Gasteiger partial charge in [-0.25, -0.2) is 4.98 Å². The van der Waals surface area contributed by atoms with E-state index in [1.807, 2.05) is 18.4 Å². The highest BCUT2D eigenvalue weighted by Crippen LogP contribution is 2.48. The van der Waals surface area contributed by atoms with Crippen LogP contribution >= 0.6 is 0 Å². The van der Waals surface area contributed by atoms with Crippen LogP contribution in [0.25, 0.3) is 0 Å². The highest BCUT2D eigenvalue weighted by atomic mass is 19.1. The summed E-state index contributed by atoms with van der Waals surface area (Å²) in [6.45, 7) is 0. The number of anilines is 1. The SMILES string of the molecule is O=C(CCC1CC1)NC1C=CC(C2(C(=O)Nc3ccc(F)nc3)CCC2)=CN1. The predicted molar refractivity (Wildman–Crippen MR) is 103 cm³/mol. The van der Waals surface area contributed by atoms with Gasteiger partial charge in [0.2, 0.25) is 17.8 Å². The summed E-state index contributed by atoms with van der Waals surface area (Å²) < 4.78 is 13.0. The fourth-order valence-corrected chi connectivity index (χ4v) is 3.74. The molecule has 7 heteroatoms. The molecule has 2 heterocycles. The molecule has 4 rings (SSSR count). The lowest BCUT2D eigenvalue weighted by Crippen LogP contribution is -2.47. The average molecular weight is 384 g/mol. The van der Waals surface area contributed by atoms with Crippen molar-refractivity contribution in [1.82, 2.24) is 15.6 Å². The minimum absolute atomic E-state index is 0.0470. The summed E-state index contributed by atoms with van der Waals surface area (Å²) in [5.74, 6) is 0.0895. The van der Waals surface area contributed by atoms with Gasteiger partial charge in [0.05, 0.1) is 17.3 Å². The molecule has 3 aliphatic rings. The number of rotatable bonds is 7. The number of carbonyl (C=O) groups is 2. The van der Waals surface area contributed by atoms with E-state index in [4.69, 9.17) is 0 Å². The fraction of sp³-hybridized carbons (Fsp3) is 0.476. The van der Waals surface area contributed by atoms with Crippen LogP contribution in [-0.4, -0.2) is 23.0 Å². The van der Waals surface area contributed by atoms with Crippen molar-refractivity contribution < 1.29 is 14.0 Å². The molecule has 3 N–H and O–H groups in total. The normalized spacial score (nSPS) is 22.5. The molecule has 1 atom stereocenters. The minimum Gasteiger partial charge on any atom is -0.368 e. The quantitative estimate of drug-likeness (QED) is 0.631. The van der Waals surface area contributed by atoms with E-state index in [-0.39, 0.29) is 18.0 Å². The van der Waals surface area contributed by atoms with Crippen LogP contribution in [0.15, 0.2) is 42.3 Å². The molecule has 6 nitrogen and oxygen atoms in total. The number of amides is 2. The zero-order chi connectivity index (χ0) is 19.6. The molecule has 1 aliphatic heterocycles. The molecule has 0 bridgehead atoms. The third-order valence-electron chi connectivity index (χ3n) is 5.86. The Morgan fingerprint density at radius 3 is 2.68 bits per heavy atom. The molecule has 2 amide bonds. The number of pyridine rings is 1. The summed E-state index contributed by atoms with van der Waals surface area (Å²) in [5.41, 5.74) is 0.778. The Kier molecular flexibility index (Phi) is 5.15. The van der Waals surface area contributed by atoms with E-state index in [0.717, 1.165) is 37.2 Å². The summed E-state index contributed by atoms with van der Waals surface area (Å²) in [6, 6.07) is 2.73. The van der Waals surface area contributed by atoms with Gasteiger partial charge in [-0.05, 0) is 49.0 Å². The van der Waals surface area contributed by atoms with Crippen molar-refractivity contribution in [2.24, 2.45) is 11.3 Å². The molecule has 28 heavy (non-hydrogen) atoms. The second kappa shape index (κ2) is 7.73. The molecule has 1 aromatic rings. The number of nitrogens with one attached hydrogen (secondary N) is 3. The lowest BCUT2D eigenvalue weighted by molar-refractivity contribution is -0.127. The van der Waals surface area contributed by atoms with Crippen molar-refractivity contribution in [2.75, 3.05) is 5.32 Å². The lowest BCUT2D eigenvalue weighted by atomic mass is 9.63. The molecule has 2 saturated carbocycles. The monoisotopic (exact) mass is 384 g/mol. The molecular weight excluding hydrogens is 359 g/mol. The third-order valence-corrected chi connectivity index (χ3v) is 5.86. The Morgan fingerprint density at radius 1 is 1.29 bits per heavy atom. The lowest BCUT2D eigenvalue weighted by Gasteiger charge is -2.42. The van der Waals surface area contributed by atoms with Crippen molar-refractivity contribution in [3.8, 4) is 0 Å². The van der Waals surface area contributed by atoms with Crippen LogP contribution in [0.1, 0.15) is 44.9 Å². The second-order valence-corrected chi connectivity index (χ2v) is 7.91. The molecule has 2 aliphatic carbocycles. The van der Waals surface area contributed by atoms with Crippen molar-refractivity contribution in [3.05, 3.63) is 48.2 Å². The van der Waals surface area contributed by atoms with Gasteiger partial charge in [0, 0.05) is 12.6 Å². The summed E-state index contributed by atoms with van der Waals surface area (Å²) in [5, 5.41) is 8.98. The number of nitrogens with zero attached hydrogens (tertiary/aromatic N) is 1. The van der Waals surface area contributed by atoms with Crippen LogP contribution in [0.3, 0.4) is 0 Å². The first-order valence-electron chi connectivity index (χ1n) is 9.92. The van der Waals surface area contributed by atoms with Gasteiger partial charge < -0.3 is 16.0 Å². The number of aromatic nitrogens is 1. The number of halogens is 1. The first kappa shape index (κ1) is 18.7. The summed E-state index contributed by atoms with van der Waals surface area (Å²) in [6.07, 6.45) is 13.2. The zero-order valence-electron chi connectivity index (χ0n) is 15.7. The van der Waals surface area contributed by atoms with E-state index in [0.29, 0.717) is 12.1 Å². The van der Waals surface area contributed by atoms with E-state index in [1.54, 1.807) is 0 Å². The van der Waals surface area contributed by atoms with E-state index in [1.165, 1.54) is 31.2 Å². The van der Waals surface area contributed by atoms with Gasteiger partial charge in [0.25, 0.3) is 0 Å². The standard InChI is InChI=1S/C21H25FN4O2/c22-17-7-6-16(13-23-17)25-20(28)21(10-1-11-21)15-5-8-18(24-12-15)26-19(27)9-4-14-2-3-14/h5-8,12-14,18,24H,1-4,9-11H2,(H,25,28)(H,26,27). The maximum absolute atomic E-state index is 13.0. The van der Waals surface area contributed by atoms with Gasteiger partial charge >= 0.3 is 0 Å². The minimum atomic E-state index is -0.598. The van der Waals surface area contributed by atoms with Crippen LogP contribution in [0.2, 0.25) is 0 Å². The molecule has 2 fully saturated rings. The number of dihydropyridines is 1. The fourth-order valence-electron chi connectivity index (χ4n) is 3.74. The van der Waals surface area contributed by atoms with Gasteiger partial charge in [-0.15, -0.1) is 0 Å². The number of hydrogen-bond acceptors (Lipinski definition) is 4. The van der Waals surface area contributed by atoms with Crippen LogP contribution in [0.5, 0.6) is 0 Å². The first-order valence-corrected chi connectivity index (χ1v) is 9.92. The van der Waals surface area contributed by atoms with E-state index in [2.05, 4.69) is 20.9 Å². The summed E-state index contributed by atoms with van der Waals surface area (Å²) in [4.78, 5) is 28.5. The summed E-state index contributed by atoms with van der Waals surface area (Å²) in [7, 11) is 0. The average Bonchev–Trinajstić information content (AvgIpc) is 3.47. The van der Waals surface area contributed by atoms with Gasteiger partial charge in [-0.3, -0.25) is 9.59 Å². The third kappa shape index (κ3) is 4.08. The molecule has 0 spiro atoms. The Hall–Kier alpha value is -2.70. The number of hydrogen-bond donors (Lipinski definition) is 3. The highest BCUT2D eigenvalue weighted by Gasteiger charge is 2.47. The second-order valence-electron chi connectivity index (χ2n) is 7.91. The van der Waals surface area contributed by atoms with Gasteiger partial charge in [-0.1, -0.05) is 25.3 Å². The number of carbonyl (C=O) groups excluding carboxylic acids is 2. The molecule has 1 unspecified atom stereocenters. The van der Waals surface area contributed by atoms with Crippen LogP contribution < -0.4 is 16.0 Å². The van der Waals surface area contributed by atoms with Gasteiger partial charge in [0.15, 0.2) is 0 Å². The maximum atomic E-state index is 13.0. The van der Waals surface area contributed by atoms with Crippen molar-refractivity contribution >= 4 is 17.5 Å². The van der Waals surface area contributed by atoms with E-state index >= 15 is 0 Å². The maximum Gasteiger partial charge on any atom is 0.235 e. The smallest absolute Gasteiger partial charge is 0.235 e. The topological polar surface area (TPSA) is 83.1 Å². The Bertz CT molecular complexity index is 810. The molecule has 0 radical (unpaired) electrons. The largest absolute Gasteiger partial charge is 0.368 e. The molecule has 148 valence electrons. The highest BCUT2D eigenvalue weighted by molar-refractivity contribution is 5.98. The zero-order valence-corrected chi connectivity index (χ0v) is 15.7. The number of allylic oxidation sites excluding steroid dienone is 1. The molecule has 0 saturated heterocycles. The van der Waals surface area contributed by atoms with Gasteiger partial charge in [0.1, 0.15) is 6.17 Å². The van der Waals surface area contributed by atoms with Crippen molar-refractivity contribution in [1.29, 1.82) is 0 Å². The van der Waals surface area contributed by atoms with Crippen LogP contribution in [-0.2, 0) is 9.59 Å². The predicted octanol–water partition coefficient (Wildman–Crippen LogP) is 3.01. The first-order chi connectivity index (χ1) is 13.5. The Balaban J connectivity index is 1.34. The van der Waals surface area contributed by atoms with Crippen LogP contribution in [0.4, 0.5) is 10.1 Å². The molecule has 0 aromatic carbocycles. The van der Waals surface area contributed by atoms with Crippen LogP contribution in [0, 0.1) is 17.3 Å². The summed E-state index contributed by atoms with van der Waals surface area (Å²) >= 11 is 0.